The Morgan fingerprint density at radius 2 is 2.04 bits per heavy atom. The highest BCUT2D eigenvalue weighted by Gasteiger charge is 2.06. The van der Waals surface area contributed by atoms with Crippen LogP contribution in [0, 0.1) is 0 Å². The number of hydrogen-bond acceptors (Lipinski definition) is 2. The van der Waals surface area contributed by atoms with Crippen molar-refractivity contribution in [3.63, 3.8) is 0 Å². The molecule has 1 amide bonds. The summed E-state index contributed by atoms with van der Waals surface area (Å²) in [5.41, 5.74) is 2.28. The van der Waals surface area contributed by atoms with Crippen molar-refractivity contribution < 1.29 is 9.53 Å². The lowest BCUT2D eigenvalue weighted by Gasteiger charge is -2.08. The summed E-state index contributed by atoms with van der Waals surface area (Å²) >= 11 is 3.40. The summed E-state index contributed by atoms with van der Waals surface area (Å²) in [6, 6.07) is 15.8. The van der Waals surface area contributed by atoms with E-state index in [2.05, 4.69) is 32.3 Å². The van der Waals surface area contributed by atoms with Gasteiger partial charge in [-0.05, 0) is 36.2 Å². The zero-order chi connectivity index (χ0) is 16.8. The van der Waals surface area contributed by atoms with E-state index < -0.39 is 0 Å². The number of fused-ring (bicyclic) bond motifs is 1. The van der Waals surface area contributed by atoms with Crippen LogP contribution in [0.2, 0.25) is 0 Å². The molecule has 2 N–H and O–H groups in total. The van der Waals surface area contributed by atoms with Gasteiger partial charge in [-0.25, -0.2) is 0 Å². The maximum Gasteiger partial charge on any atom is 0.220 e. The molecule has 0 fully saturated rings. The highest BCUT2D eigenvalue weighted by molar-refractivity contribution is 9.10. The summed E-state index contributed by atoms with van der Waals surface area (Å²) in [6.45, 7) is 0.953. The lowest BCUT2D eigenvalue weighted by Crippen LogP contribution is -2.28. The fourth-order valence-electron chi connectivity index (χ4n) is 2.59. The Bertz CT molecular complexity index is 829. The third-order valence-corrected chi connectivity index (χ3v) is 4.28. The van der Waals surface area contributed by atoms with Crippen LogP contribution in [0.4, 0.5) is 0 Å². The third kappa shape index (κ3) is 4.38. The molecule has 0 saturated heterocycles. The van der Waals surface area contributed by atoms with E-state index in [4.69, 9.17) is 4.74 Å². The number of amides is 1. The minimum atomic E-state index is 0.0399. The molecule has 3 rings (SSSR count). The van der Waals surface area contributed by atoms with Crippen LogP contribution in [0.3, 0.4) is 0 Å². The molecule has 0 atom stereocenters. The minimum absolute atomic E-state index is 0.0399. The molecule has 5 heteroatoms. The van der Waals surface area contributed by atoms with Crippen LogP contribution in [0.25, 0.3) is 10.9 Å². The van der Waals surface area contributed by atoms with Crippen LogP contribution in [0.5, 0.6) is 5.75 Å². The van der Waals surface area contributed by atoms with Gasteiger partial charge < -0.3 is 15.0 Å². The maximum absolute atomic E-state index is 12.0. The number of para-hydroxylation sites is 1. The van der Waals surface area contributed by atoms with Gasteiger partial charge in [-0.1, -0.05) is 40.2 Å². The van der Waals surface area contributed by atoms with Gasteiger partial charge in [0.25, 0.3) is 0 Å². The minimum Gasteiger partial charge on any atom is -0.492 e. The second-order valence-corrected chi connectivity index (χ2v) is 6.43. The summed E-state index contributed by atoms with van der Waals surface area (Å²) in [6.07, 6.45) is 3.18. The Balaban J connectivity index is 1.40. The maximum atomic E-state index is 12.0. The molecule has 0 bridgehead atoms. The predicted octanol–water partition coefficient (Wildman–Crippen LogP) is 4.06. The smallest absolute Gasteiger partial charge is 0.220 e. The molecule has 0 aliphatic rings. The fourth-order valence-corrected chi connectivity index (χ4v) is 2.97. The quantitative estimate of drug-likeness (QED) is 0.601. The number of ether oxygens (including phenoxy) is 1. The van der Waals surface area contributed by atoms with Gasteiger partial charge in [0.05, 0.1) is 6.54 Å². The number of H-pyrrole nitrogens is 1. The summed E-state index contributed by atoms with van der Waals surface area (Å²) < 4.78 is 6.57. The van der Waals surface area contributed by atoms with Gasteiger partial charge in [0.1, 0.15) is 12.4 Å². The van der Waals surface area contributed by atoms with E-state index in [-0.39, 0.29) is 5.91 Å². The number of hydrogen-bond donors (Lipinski definition) is 2. The highest BCUT2D eigenvalue weighted by Crippen LogP contribution is 2.19. The van der Waals surface area contributed by atoms with Crippen molar-refractivity contribution in [2.24, 2.45) is 0 Å². The Hall–Kier alpha value is -2.27. The lowest BCUT2D eigenvalue weighted by atomic mass is 10.1. The first-order valence-electron chi connectivity index (χ1n) is 7.92. The number of aryl methyl sites for hydroxylation is 1. The van der Waals surface area contributed by atoms with Gasteiger partial charge in [-0.3, -0.25) is 4.79 Å². The first kappa shape index (κ1) is 16.6. The zero-order valence-corrected chi connectivity index (χ0v) is 14.8. The zero-order valence-electron chi connectivity index (χ0n) is 13.2. The molecule has 0 saturated carbocycles. The number of halogens is 1. The van der Waals surface area contributed by atoms with Gasteiger partial charge in [0.15, 0.2) is 0 Å². The van der Waals surface area contributed by atoms with Gasteiger partial charge in [-0.15, -0.1) is 0 Å². The van der Waals surface area contributed by atoms with Gasteiger partial charge in [0, 0.05) is 28.0 Å². The van der Waals surface area contributed by atoms with Crippen molar-refractivity contribution in [3.05, 3.63) is 64.8 Å². The number of carbonyl (C=O) groups is 1. The number of carbonyl (C=O) groups excluding carboxylic acids is 1. The molecule has 24 heavy (non-hydrogen) atoms. The van der Waals surface area contributed by atoms with Crippen LogP contribution in [-0.4, -0.2) is 24.0 Å². The Morgan fingerprint density at radius 1 is 1.17 bits per heavy atom. The van der Waals surface area contributed by atoms with E-state index in [1.54, 1.807) is 0 Å². The molecule has 2 aromatic carbocycles. The molecule has 124 valence electrons. The molecule has 1 aromatic heterocycles. The van der Waals surface area contributed by atoms with Crippen molar-refractivity contribution in [2.75, 3.05) is 13.2 Å². The lowest BCUT2D eigenvalue weighted by molar-refractivity contribution is -0.121. The van der Waals surface area contributed by atoms with E-state index in [9.17, 15) is 4.79 Å². The second kappa shape index (κ2) is 8.02. The van der Waals surface area contributed by atoms with E-state index in [1.807, 2.05) is 48.7 Å². The number of benzene rings is 2. The van der Waals surface area contributed by atoms with E-state index >= 15 is 0 Å². The van der Waals surface area contributed by atoms with Crippen molar-refractivity contribution in [1.29, 1.82) is 0 Å². The molecule has 3 aromatic rings. The molecule has 0 unspecified atom stereocenters. The molecular formula is C19H19BrN2O2. The predicted molar refractivity (Wildman–Crippen MR) is 99.3 cm³/mol. The van der Waals surface area contributed by atoms with E-state index in [0.29, 0.717) is 19.6 Å². The average molecular weight is 387 g/mol. The van der Waals surface area contributed by atoms with Crippen molar-refractivity contribution in [3.8, 4) is 5.75 Å². The third-order valence-electron chi connectivity index (χ3n) is 3.79. The first-order chi connectivity index (χ1) is 11.7. The van der Waals surface area contributed by atoms with Crippen LogP contribution in [0.1, 0.15) is 12.0 Å². The van der Waals surface area contributed by atoms with Gasteiger partial charge in [0.2, 0.25) is 5.91 Å². The summed E-state index contributed by atoms with van der Waals surface area (Å²) in [4.78, 5) is 15.2. The SMILES string of the molecule is O=C(CCc1c[nH]c2ccccc12)NCCOc1cccc(Br)c1. The molecule has 1 heterocycles. The van der Waals surface area contributed by atoms with Crippen molar-refractivity contribution in [1.82, 2.24) is 10.3 Å². The van der Waals surface area contributed by atoms with Crippen LogP contribution >= 0.6 is 15.9 Å². The largest absolute Gasteiger partial charge is 0.492 e. The molecular weight excluding hydrogens is 368 g/mol. The monoisotopic (exact) mass is 386 g/mol. The topological polar surface area (TPSA) is 54.1 Å². The van der Waals surface area contributed by atoms with Crippen molar-refractivity contribution >= 4 is 32.7 Å². The molecule has 4 nitrogen and oxygen atoms in total. The normalized spacial score (nSPS) is 10.7. The highest BCUT2D eigenvalue weighted by atomic mass is 79.9. The van der Waals surface area contributed by atoms with Crippen molar-refractivity contribution in [2.45, 2.75) is 12.8 Å². The number of nitrogens with one attached hydrogen (secondary N) is 2. The molecule has 0 aliphatic carbocycles. The Morgan fingerprint density at radius 3 is 2.92 bits per heavy atom. The van der Waals surface area contributed by atoms with Gasteiger partial charge in [-0.2, -0.15) is 0 Å². The van der Waals surface area contributed by atoms with E-state index in [1.165, 1.54) is 10.9 Å². The van der Waals surface area contributed by atoms with Gasteiger partial charge >= 0.3 is 0 Å². The summed E-state index contributed by atoms with van der Waals surface area (Å²) in [5.74, 6) is 0.829. The standard InChI is InChI=1S/C19H19BrN2O2/c20-15-4-3-5-16(12-15)24-11-10-21-19(23)9-8-14-13-22-18-7-2-1-6-17(14)18/h1-7,12-13,22H,8-11H2,(H,21,23). The molecule has 0 radical (unpaired) electrons. The Labute approximate surface area is 149 Å². The second-order valence-electron chi connectivity index (χ2n) is 5.52. The van der Waals surface area contributed by atoms with E-state index in [0.717, 1.165) is 22.2 Å². The average Bonchev–Trinajstić information content (AvgIpc) is 3.00. The fraction of sp³-hybridized carbons (Fsp3) is 0.211. The van der Waals surface area contributed by atoms with Crippen LogP contribution in [0.15, 0.2) is 59.2 Å². The molecule has 0 aliphatic heterocycles. The number of aromatic nitrogens is 1. The number of aromatic amines is 1. The Kier molecular flexibility index (Phi) is 5.54. The summed E-state index contributed by atoms with van der Waals surface area (Å²) in [7, 11) is 0. The van der Waals surface area contributed by atoms with Crippen LogP contribution in [-0.2, 0) is 11.2 Å². The van der Waals surface area contributed by atoms with Crippen LogP contribution < -0.4 is 10.1 Å². The molecule has 0 spiro atoms. The summed E-state index contributed by atoms with van der Waals surface area (Å²) in [5, 5.41) is 4.08. The first-order valence-corrected chi connectivity index (χ1v) is 8.72. The number of rotatable bonds is 7.